The van der Waals surface area contributed by atoms with Gasteiger partial charge >= 0.3 is 6.03 Å². The van der Waals surface area contributed by atoms with E-state index in [4.69, 9.17) is 0 Å². The van der Waals surface area contributed by atoms with Crippen molar-refractivity contribution in [1.82, 2.24) is 14.9 Å². The lowest BCUT2D eigenvalue weighted by Gasteiger charge is -2.35. The van der Waals surface area contributed by atoms with Crippen LogP contribution in [-0.4, -0.2) is 52.9 Å². The van der Waals surface area contributed by atoms with Crippen molar-refractivity contribution in [1.29, 1.82) is 0 Å². The second-order valence-corrected chi connectivity index (χ2v) is 7.42. The second kappa shape index (κ2) is 8.37. The molecular weight excluding hydrogens is 354 g/mol. The zero-order valence-electron chi connectivity index (χ0n) is 16.9. The Hall–Kier alpha value is -2.96. The van der Waals surface area contributed by atoms with Gasteiger partial charge < -0.3 is 15.1 Å². The SMILES string of the molecule is CC(=O)c1ccc(NC(=O)N2CCN(c3cc(C)nc(C(C)C)n3)CC2)cc1. The molecule has 0 spiro atoms. The number of rotatable bonds is 4. The number of aryl methyl sites for hydroxylation is 1. The summed E-state index contributed by atoms with van der Waals surface area (Å²) in [4.78, 5) is 37.1. The summed E-state index contributed by atoms with van der Waals surface area (Å²) < 4.78 is 0. The smallest absolute Gasteiger partial charge is 0.321 e. The molecule has 1 aromatic heterocycles. The van der Waals surface area contributed by atoms with Crippen LogP contribution in [0.25, 0.3) is 0 Å². The monoisotopic (exact) mass is 381 g/mol. The Morgan fingerprint density at radius 2 is 1.68 bits per heavy atom. The Morgan fingerprint density at radius 1 is 1.04 bits per heavy atom. The molecule has 148 valence electrons. The Balaban J connectivity index is 1.59. The number of nitrogens with zero attached hydrogens (tertiary/aromatic N) is 4. The molecule has 28 heavy (non-hydrogen) atoms. The number of benzene rings is 1. The van der Waals surface area contributed by atoms with Crippen LogP contribution in [0.15, 0.2) is 30.3 Å². The van der Waals surface area contributed by atoms with Gasteiger partial charge in [-0.2, -0.15) is 0 Å². The third-order valence-corrected chi connectivity index (χ3v) is 4.81. The van der Waals surface area contributed by atoms with Crippen LogP contribution in [0.4, 0.5) is 16.3 Å². The molecule has 2 heterocycles. The van der Waals surface area contributed by atoms with Crippen LogP contribution in [0.2, 0.25) is 0 Å². The summed E-state index contributed by atoms with van der Waals surface area (Å²) >= 11 is 0. The van der Waals surface area contributed by atoms with E-state index in [-0.39, 0.29) is 17.7 Å². The predicted molar refractivity (Wildman–Crippen MR) is 110 cm³/mol. The van der Waals surface area contributed by atoms with Gasteiger partial charge in [0.25, 0.3) is 0 Å². The van der Waals surface area contributed by atoms with Crippen molar-refractivity contribution in [2.75, 3.05) is 36.4 Å². The molecule has 7 nitrogen and oxygen atoms in total. The molecule has 0 atom stereocenters. The molecule has 0 unspecified atom stereocenters. The predicted octanol–water partition coefficient (Wildman–Crippen LogP) is 3.47. The number of hydrogen-bond acceptors (Lipinski definition) is 5. The summed E-state index contributed by atoms with van der Waals surface area (Å²) in [5.41, 5.74) is 2.28. The first-order valence-corrected chi connectivity index (χ1v) is 9.61. The molecule has 7 heteroatoms. The van der Waals surface area contributed by atoms with Crippen LogP contribution in [0, 0.1) is 6.92 Å². The van der Waals surface area contributed by atoms with Gasteiger partial charge in [0.15, 0.2) is 5.78 Å². The zero-order valence-corrected chi connectivity index (χ0v) is 16.9. The number of amides is 2. The number of urea groups is 1. The number of ketones is 1. The number of nitrogens with one attached hydrogen (secondary N) is 1. The first kappa shape index (κ1) is 19.8. The van der Waals surface area contributed by atoms with E-state index in [1.54, 1.807) is 29.2 Å². The third-order valence-electron chi connectivity index (χ3n) is 4.81. The number of carbonyl (C=O) groups excluding carboxylic acids is 2. The highest BCUT2D eigenvalue weighted by molar-refractivity contribution is 5.95. The molecule has 1 saturated heterocycles. The first-order valence-electron chi connectivity index (χ1n) is 9.61. The van der Waals surface area contributed by atoms with Gasteiger partial charge in [-0.3, -0.25) is 4.79 Å². The van der Waals surface area contributed by atoms with E-state index in [9.17, 15) is 9.59 Å². The van der Waals surface area contributed by atoms with Crippen molar-refractivity contribution in [3.05, 3.63) is 47.4 Å². The van der Waals surface area contributed by atoms with Crippen molar-refractivity contribution in [2.24, 2.45) is 0 Å². The van der Waals surface area contributed by atoms with Gasteiger partial charge in [0.2, 0.25) is 0 Å². The Labute approximate surface area is 165 Å². The third kappa shape index (κ3) is 4.65. The fourth-order valence-electron chi connectivity index (χ4n) is 3.12. The highest BCUT2D eigenvalue weighted by Crippen LogP contribution is 2.19. The van der Waals surface area contributed by atoms with Crippen molar-refractivity contribution in [3.8, 4) is 0 Å². The summed E-state index contributed by atoms with van der Waals surface area (Å²) in [6.45, 7) is 10.4. The molecule has 0 saturated carbocycles. The largest absolute Gasteiger partial charge is 0.353 e. The number of carbonyl (C=O) groups is 2. The van der Waals surface area contributed by atoms with Crippen LogP contribution in [0.3, 0.4) is 0 Å². The summed E-state index contributed by atoms with van der Waals surface area (Å²) in [6, 6.07) is 8.82. The maximum Gasteiger partial charge on any atom is 0.321 e. The summed E-state index contributed by atoms with van der Waals surface area (Å²) in [5, 5.41) is 2.90. The average Bonchev–Trinajstić information content (AvgIpc) is 2.68. The van der Waals surface area contributed by atoms with Crippen LogP contribution in [0.1, 0.15) is 48.6 Å². The van der Waals surface area contributed by atoms with Gasteiger partial charge in [0.05, 0.1) is 0 Å². The quantitative estimate of drug-likeness (QED) is 0.821. The minimum atomic E-state index is -0.128. The van der Waals surface area contributed by atoms with Crippen molar-refractivity contribution in [3.63, 3.8) is 0 Å². The maximum absolute atomic E-state index is 12.5. The summed E-state index contributed by atoms with van der Waals surface area (Å²) in [6.07, 6.45) is 0. The minimum Gasteiger partial charge on any atom is -0.353 e. The molecular formula is C21H27N5O2. The molecule has 0 aliphatic carbocycles. The first-order chi connectivity index (χ1) is 13.3. The van der Waals surface area contributed by atoms with Gasteiger partial charge in [0.1, 0.15) is 11.6 Å². The van der Waals surface area contributed by atoms with Crippen LogP contribution < -0.4 is 10.2 Å². The maximum atomic E-state index is 12.5. The molecule has 1 aromatic carbocycles. The van der Waals surface area contributed by atoms with Crippen LogP contribution in [-0.2, 0) is 0 Å². The Morgan fingerprint density at radius 3 is 2.25 bits per heavy atom. The van der Waals surface area contributed by atoms with Crippen molar-refractivity contribution < 1.29 is 9.59 Å². The van der Waals surface area contributed by atoms with E-state index in [2.05, 4.69) is 34.0 Å². The Kier molecular flexibility index (Phi) is 5.92. The summed E-state index contributed by atoms with van der Waals surface area (Å²) in [7, 11) is 0. The standard InChI is InChI=1S/C21H27N5O2/c1-14(2)20-22-15(3)13-19(24-20)25-9-11-26(12-10-25)21(28)23-18-7-5-17(6-8-18)16(4)27/h5-8,13-14H,9-12H2,1-4H3,(H,23,28). The number of anilines is 2. The van der Waals surface area contributed by atoms with E-state index >= 15 is 0 Å². The van der Waals surface area contributed by atoms with E-state index in [1.807, 2.05) is 13.0 Å². The molecule has 1 N–H and O–H groups in total. The molecule has 0 bridgehead atoms. The fourth-order valence-corrected chi connectivity index (χ4v) is 3.12. The summed E-state index contributed by atoms with van der Waals surface area (Å²) in [5.74, 6) is 2.06. The zero-order chi connectivity index (χ0) is 20.3. The molecule has 2 aromatic rings. The van der Waals surface area contributed by atoms with Gasteiger partial charge in [-0.05, 0) is 38.1 Å². The lowest BCUT2D eigenvalue weighted by Crippen LogP contribution is -2.50. The average molecular weight is 381 g/mol. The van der Waals surface area contributed by atoms with E-state index in [0.717, 1.165) is 30.4 Å². The molecule has 1 fully saturated rings. The molecule has 2 amide bonds. The highest BCUT2D eigenvalue weighted by Gasteiger charge is 2.23. The fraction of sp³-hybridized carbons (Fsp3) is 0.429. The van der Waals surface area contributed by atoms with Crippen molar-refractivity contribution >= 4 is 23.3 Å². The number of hydrogen-bond donors (Lipinski definition) is 1. The molecule has 3 rings (SSSR count). The molecule has 1 aliphatic rings. The van der Waals surface area contributed by atoms with Gasteiger partial charge in [-0.25, -0.2) is 14.8 Å². The van der Waals surface area contributed by atoms with E-state index in [0.29, 0.717) is 24.3 Å². The number of piperazine rings is 1. The lowest BCUT2D eigenvalue weighted by atomic mass is 10.1. The van der Waals surface area contributed by atoms with E-state index < -0.39 is 0 Å². The van der Waals surface area contributed by atoms with Crippen molar-refractivity contribution in [2.45, 2.75) is 33.6 Å². The topological polar surface area (TPSA) is 78.4 Å². The van der Waals surface area contributed by atoms with Crippen LogP contribution >= 0.6 is 0 Å². The van der Waals surface area contributed by atoms with Gasteiger partial charge in [-0.15, -0.1) is 0 Å². The van der Waals surface area contributed by atoms with Gasteiger partial charge in [-0.1, -0.05) is 13.8 Å². The number of aromatic nitrogens is 2. The minimum absolute atomic E-state index is 0.00887. The van der Waals surface area contributed by atoms with Gasteiger partial charge in [0, 0.05) is 55.1 Å². The molecule has 1 aliphatic heterocycles. The lowest BCUT2D eigenvalue weighted by molar-refractivity contribution is 0.101. The normalized spacial score (nSPS) is 14.3. The number of Topliss-reactive ketones (excluding diaryl/α,β-unsaturated/α-hetero) is 1. The Bertz CT molecular complexity index is 856. The highest BCUT2D eigenvalue weighted by atomic mass is 16.2. The van der Waals surface area contributed by atoms with Crippen LogP contribution in [0.5, 0.6) is 0 Å². The second-order valence-electron chi connectivity index (χ2n) is 7.42. The molecule has 0 radical (unpaired) electrons. The van der Waals surface area contributed by atoms with E-state index in [1.165, 1.54) is 6.92 Å².